The van der Waals surface area contributed by atoms with E-state index in [2.05, 4.69) is 11.2 Å². The molecule has 1 unspecified atom stereocenters. The largest absolute Gasteiger partial charge is 0.495 e. The minimum atomic E-state index is -0.105. The number of terminal acetylenes is 1. The molecule has 0 bridgehead atoms. The standard InChI is InChI=1S/C17H22N2O3/c1-3-11-22-13-14-7-6-10-19(12-14)17(20)18-15-8-4-5-9-16(15)21-2/h1,4-5,8-9,14H,6-7,10-13H2,2H3,(H,18,20). The third-order valence-electron chi connectivity index (χ3n) is 3.69. The van der Waals surface area contributed by atoms with Gasteiger partial charge < -0.3 is 19.7 Å². The number of nitrogens with zero attached hydrogens (tertiary/aromatic N) is 1. The van der Waals surface area contributed by atoms with Crippen molar-refractivity contribution in [3.8, 4) is 18.1 Å². The molecule has 118 valence electrons. The van der Waals surface area contributed by atoms with E-state index in [-0.39, 0.29) is 6.03 Å². The van der Waals surface area contributed by atoms with Crippen molar-refractivity contribution in [2.24, 2.45) is 5.92 Å². The van der Waals surface area contributed by atoms with Crippen molar-refractivity contribution < 1.29 is 14.3 Å². The van der Waals surface area contributed by atoms with Gasteiger partial charge in [0.05, 0.1) is 19.4 Å². The maximum absolute atomic E-state index is 12.4. The zero-order valence-corrected chi connectivity index (χ0v) is 12.9. The Balaban J connectivity index is 1.90. The molecule has 1 saturated heterocycles. The summed E-state index contributed by atoms with van der Waals surface area (Å²) in [6.07, 6.45) is 7.21. The number of benzene rings is 1. The first-order valence-corrected chi connectivity index (χ1v) is 7.44. The highest BCUT2D eigenvalue weighted by molar-refractivity contribution is 5.91. The quantitative estimate of drug-likeness (QED) is 0.672. The number of anilines is 1. The Labute approximate surface area is 131 Å². The first-order valence-electron chi connectivity index (χ1n) is 7.44. The molecule has 1 heterocycles. The fourth-order valence-electron chi connectivity index (χ4n) is 2.61. The number of para-hydroxylation sites is 2. The van der Waals surface area contributed by atoms with Crippen LogP contribution in [0.4, 0.5) is 10.5 Å². The number of piperidine rings is 1. The summed E-state index contributed by atoms with van der Waals surface area (Å²) < 4.78 is 10.6. The summed E-state index contributed by atoms with van der Waals surface area (Å²) in [7, 11) is 1.59. The van der Waals surface area contributed by atoms with E-state index in [1.54, 1.807) is 7.11 Å². The predicted molar refractivity (Wildman–Crippen MR) is 86.0 cm³/mol. The first-order chi connectivity index (χ1) is 10.7. The van der Waals surface area contributed by atoms with Crippen LogP contribution in [0, 0.1) is 18.3 Å². The van der Waals surface area contributed by atoms with E-state index >= 15 is 0 Å². The monoisotopic (exact) mass is 302 g/mol. The van der Waals surface area contributed by atoms with Crippen LogP contribution in [-0.2, 0) is 4.74 Å². The fourth-order valence-corrected chi connectivity index (χ4v) is 2.61. The number of hydrogen-bond donors (Lipinski definition) is 1. The normalized spacial score (nSPS) is 17.6. The highest BCUT2D eigenvalue weighted by atomic mass is 16.5. The van der Waals surface area contributed by atoms with E-state index in [4.69, 9.17) is 15.9 Å². The number of methoxy groups -OCH3 is 1. The molecule has 1 fully saturated rings. The second kappa shape index (κ2) is 8.30. The fraction of sp³-hybridized carbons (Fsp3) is 0.471. The minimum Gasteiger partial charge on any atom is -0.495 e. The van der Waals surface area contributed by atoms with E-state index in [9.17, 15) is 4.79 Å². The van der Waals surface area contributed by atoms with Gasteiger partial charge in [0.15, 0.2) is 0 Å². The second-order valence-corrected chi connectivity index (χ2v) is 5.30. The van der Waals surface area contributed by atoms with Gasteiger partial charge in [0.25, 0.3) is 0 Å². The van der Waals surface area contributed by atoms with Gasteiger partial charge in [-0.15, -0.1) is 6.42 Å². The molecule has 1 aromatic rings. The van der Waals surface area contributed by atoms with Gasteiger partial charge in [-0.1, -0.05) is 18.1 Å². The number of carbonyl (C=O) groups excluding carboxylic acids is 1. The Kier molecular flexibility index (Phi) is 6.11. The maximum atomic E-state index is 12.4. The topological polar surface area (TPSA) is 50.8 Å². The number of hydrogen-bond acceptors (Lipinski definition) is 3. The van der Waals surface area contributed by atoms with Gasteiger partial charge in [0.2, 0.25) is 0 Å². The number of urea groups is 1. The Bertz CT molecular complexity index is 539. The van der Waals surface area contributed by atoms with Gasteiger partial charge >= 0.3 is 6.03 Å². The lowest BCUT2D eigenvalue weighted by atomic mass is 9.99. The SMILES string of the molecule is C#CCOCC1CCCN(C(=O)Nc2ccccc2OC)C1. The number of ether oxygens (including phenoxy) is 2. The van der Waals surface area contributed by atoms with Gasteiger partial charge in [-0.25, -0.2) is 4.79 Å². The average molecular weight is 302 g/mol. The molecule has 1 atom stereocenters. The molecule has 1 aromatic carbocycles. The van der Waals surface area contributed by atoms with E-state index in [1.165, 1.54) is 0 Å². The molecule has 0 saturated carbocycles. The number of carbonyl (C=O) groups is 1. The van der Waals surface area contributed by atoms with E-state index in [0.29, 0.717) is 37.1 Å². The summed E-state index contributed by atoms with van der Waals surface area (Å²) >= 11 is 0. The Hall–Kier alpha value is -2.19. The van der Waals surface area contributed by atoms with Crippen molar-refractivity contribution in [1.82, 2.24) is 4.90 Å². The maximum Gasteiger partial charge on any atom is 0.321 e. The van der Waals surface area contributed by atoms with E-state index in [0.717, 1.165) is 19.4 Å². The van der Waals surface area contributed by atoms with Crippen LogP contribution in [0.15, 0.2) is 24.3 Å². The van der Waals surface area contributed by atoms with Crippen LogP contribution < -0.4 is 10.1 Å². The third kappa shape index (κ3) is 4.40. The van der Waals surface area contributed by atoms with Crippen LogP contribution in [0.25, 0.3) is 0 Å². The van der Waals surface area contributed by atoms with Crippen LogP contribution in [-0.4, -0.2) is 44.3 Å². The van der Waals surface area contributed by atoms with Crippen LogP contribution >= 0.6 is 0 Å². The summed E-state index contributed by atoms with van der Waals surface area (Å²) in [5.74, 6) is 3.45. The predicted octanol–water partition coefficient (Wildman–Crippen LogP) is 2.59. The Morgan fingerprint density at radius 1 is 1.50 bits per heavy atom. The molecule has 1 N–H and O–H groups in total. The van der Waals surface area contributed by atoms with Gasteiger partial charge in [0, 0.05) is 19.0 Å². The van der Waals surface area contributed by atoms with Gasteiger partial charge in [-0.3, -0.25) is 0 Å². The van der Waals surface area contributed by atoms with Crippen molar-refractivity contribution in [1.29, 1.82) is 0 Å². The molecule has 0 aliphatic carbocycles. The zero-order chi connectivity index (χ0) is 15.8. The lowest BCUT2D eigenvalue weighted by molar-refractivity contribution is 0.0883. The lowest BCUT2D eigenvalue weighted by Gasteiger charge is -2.32. The van der Waals surface area contributed by atoms with Gasteiger partial charge in [-0.2, -0.15) is 0 Å². The highest BCUT2D eigenvalue weighted by Crippen LogP contribution is 2.24. The van der Waals surface area contributed by atoms with Gasteiger partial charge in [-0.05, 0) is 25.0 Å². The zero-order valence-electron chi connectivity index (χ0n) is 12.9. The molecule has 22 heavy (non-hydrogen) atoms. The Morgan fingerprint density at radius 3 is 3.09 bits per heavy atom. The van der Waals surface area contributed by atoms with E-state index in [1.807, 2.05) is 29.2 Å². The van der Waals surface area contributed by atoms with Crippen LogP contribution in [0.5, 0.6) is 5.75 Å². The summed E-state index contributed by atoms with van der Waals surface area (Å²) in [6, 6.07) is 7.28. The van der Waals surface area contributed by atoms with Crippen molar-refractivity contribution in [3.05, 3.63) is 24.3 Å². The van der Waals surface area contributed by atoms with E-state index < -0.39 is 0 Å². The van der Waals surface area contributed by atoms with Crippen LogP contribution in [0.3, 0.4) is 0 Å². The summed E-state index contributed by atoms with van der Waals surface area (Å²) in [5.41, 5.74) is 0.681. The van der Waals surface area contributed by atoms with Crippen molar-refractivity contribution >= 4 is 11.7 Å². The average Bonchev–Trinajstić information content (AvgIpc) is 2.56. The molecule has 1 aliphatic heterocycles. The number of amides is 2. The molecule has 0 aromatic heterocycles. The number of nitrogens with one attached hydrogen (secondary N) is 1. The Morgan fingerprint density at radius 2 is 2.32 bits per heavy atom. The van der Waals surface area contributed by atoms with Crippen LogP contribution in [0.2, 0.25) is 0 Å². The minimum absolute atomic E-state index is 0.105. The summed E-state index contributed by atoms with van der Waals surface area (Å²) in [6.45, 7) is 2.37. The summed E-state index contributed by atoms with van der Waals surface area (Å²) in [5, 5.41) is 2.91. The lowest BCUT2D eigenvalue weighted by Crippen LogP contribution is -2.43. The van der Waals surface area contributed by atoms with Gasteiger partial charge in [0.1, 0.15) is 12.4 Å². The number of rotatable bonds is 5. The molecule has 0 radical (unpaired) electrons. The second-order valence-electron chi connectivity index (χ2n) is 5.30. The van der Waals surface area contributed by atoms with Crippen LogP contribution in [0.1, 0.15) is 12.8 Å². The highest BCUT2D eigenvalue weighted by Gasteiger charge is 2.24. The molecule has 5 nitrogen and oxygen atoms in total. The molecule has 5 heteroatoms. The molecule has 2 amide bonds. The van der Waals surface area contributed by atoms with Crippen molar-refractivity contribution in [2.45, 2.75) is 12.8 Å². The van der Waals surface area contributed by atoms with Crippen molar-refractivity contribution in [3.63, 3.8) is 0 Å². The number of likely N-dealkylation sites (tertiary alicyclic amines) is 1. The molecule has 1 aliphatic rings. The molecular weight excluding hydrogens is 280 g/mol. The smallest absolute Gasteiger partial charge is 0.321 e. The molecular formula is C17H22N2O3. The third-order valence-corrected chi connectivity index (χ3v) is 3.69. The first kappa shape index (κ1) is 16.2. The summed E-state index contributed by atoms with van der Waals surface area (Å²) in [4.78, 5) is 14.2. The van der Waals surface area contributed by atoms with Crippen molar-refractivity contribution in [2.75, 3.05) is 38.7 Å². The molecule has 2 rings (SSSR count). The molecule has 0 spiro atoms.